The Morgan fingerprint density at radius 2 is 2.10 bits per heavy atom. The minimum absolute atomic E-state index is 0.0502. The van der Waals surface area contributed by atoms with Gasteiger partial charge in [-0.15, -0.1) is 0 Å². The molecule has 0 aromatic carbocycles. The largest absolute Gasteiger partial charge is 0.395 e. The highest BCUT2D eigenvalue weighted by atomic mass is 16.3. The van der Waals surface area contributed by atoms with Gasteiger partial charge in [-0.3, -0.25) is 9.69 Å². The Morgan fingerprint density at radius 3 is 2.55 bits per heavy atom. The van der Waals surface area contributed by atoms with Crippen molar-refractivity contribution in [1.82, 2.24) is 10.2 Å². The Hall–Kier alpha value is -1.12. The van der Waals surface area contributed by atoms with Crippen LogP contribution in [0.5, 0.6) is 0 Å². The van der Waals surface area contributed by atoms with Crippen LogP contribution in [0.15, 0.2) is 0 Å². The lowest BCUT2D eigenvalue weighted by atomic mass is 9.90. The standard InChI is InChI=1S/C15H27N3O2/c1-12(2)15(3,11-16)17-14(20)10-18(8-9-19)13-6-4-5-7-13/h12-13,19H,4-10H2,1-3H3,(H,17,20). The predicted molar refractivity (Wildman–Crippen MR) is 77.9 cm³/mol. The Morgan fingerprint density at radius 1 is 1.50 bits per heavy atom. The van der Waals surface area contributed by atoms with E-state index in [1.807, 2.05) is 18.7 Å². The first-order chi connectivity index (χ1) is 9.42. The molecule has 0 bridgehead atoms. The summed E-state index contributed by atoms with van der Waals surface area (Å²) in [6, 6.07) is 2.57. The van der Waals surface area contributed by atoms with Gasteiger partial charge in [0.1, 0.15) is 5.54 Å². The van der Waals surface area contributed by atoms with E-state index in [1.165, 1.54) is 12.8 Å². The Labute approximate surface area is 122 Å². The number of aliphatic hydroxyl groups excluding tert-OH is 1. The normalized spacial score (nSPS) is 19.1. The van der Waals surface area contributed by atoms with Crippen molar-refractivity contribution in [3.63, 3.8) is 0 Å². The zero-order valence-electron chi connectivity index (χ0n) is 12.9. The topological polar surface area (TPSA) is 76.4 Å². The van der Waals surface area contributed by atoms with Crippen molar-refractivity contribution in [1.29, 1.82) is 5.26 Å². The first-order valence-electron chi connectivity index (χ1n) is 7.50. The highest BCUT2D eigenvalue weighted by Gasteiger charge is 2.31. The summed E-state index contributed by atoms with van der Waals surface area (Å²) in [5.41, 5.74) is -0.836. The molecule has 5 nitrogen and oxygen atoms in total. The minimum Gasteiger partial charge on any atom is -0.395 e. The number of aliphatic hydroxyl groups is 1. The van der Waals surface area contributed by atoms with Crippen LogP contribution in [-0.4, -0.2) is 47.2 Å². The molecule has 5 heteroatoms. The molecule has 1 aliphatic rings. The van der Waals surface area contributed by atoms with Crippen LogP contribution >= 0.6 is 0 Å². The van der Waals surface area contributed by atoms with E-state index >= 15 is 0 Å². The monoisotopic (exact) mass is 281 g/mol. The fourth-order valence-corrected chi connectivity index (χ4v) is 2.60. The van der Waals surface area contributed by atoms with Gasteiger partial charge in [0, 0.05) is 12.6 Å². The SMILES string of the molecule is CC(C)C(C)(C#N)NC(=O)CN(CCO)C1CCCC1. The zero-order chi connectivity index (χ0) is 15.2. The van der Waals surface area contributed by atoms with Crippen molar-refractivity contribution in [2.75, 3.05) is 19.7 Å². The Bertz CT molecular complexity index is 359. The molecular formula is C15H27N3O2. The third-order valence-electron chi connectivity index (χ3n) is 4.36. The molecule has 2 N–H and O–H groups in total. The third kappa shape index (κ3) is 4.46. The molecule has 1 saturated carbocycles. The van der Waals surface area contributed by atoms with Crippen LogP contribution in [0.4, 0.5) is 0 Å². The van der Waals surface area contributed by atoms with E-state index in [4.69, 9.17) is 5.11 Å². The van der Waals surface area contributed by atoms with Crippen LogP contribution in [0.3, 0.4) is 0 Å². The number of nitrogens with one attached hydrogen (secondary N) is 1. The van der Waals surface area contributed by atoms with Gasteiger partial charge in [-0.2, -0.15) is 5.26 Å². The molecule has 0 aromatic rings. The molecule has 114 valence electrons. The van der Waals surface area contributed by atoms with Gasteiger partial charge >= 0.3 is 0 Å². The minimum atomic E-state index is -0.836. The Balaban J connectivity index is 2.60. The first-order valence-corrected chi connectivity index (χ1v) is 7.50. The van der Waals surface area contributed by atoms with E-state index in [2.05, 4.69) is 11.4 Å². The number of rotatable bonds is 7. The third-order valence-corrected chi connectivity index (χ3v) is 4.36. The lowest BCUT2D eigenvalue weighted by molar-refractivity contribution is -0.124. The molecule has 0 saturated heterocycles. The highest BCUT2D eigenvalue weighted by molar-refractivity contribution is 5.79. The summed E-state index contributed by atoms with van der Waals surface area (Å²) in [4.78, 5) is 14.2. The van der Waals surface area contributed by atoms with Crippen molar-refractivity contribution in [3.05, 3.63) is 0 Å². The van der Waals surface area contributed by atoms with Gasteiger partial charge in [0.05, 0.1) is 19.2 Å². The highest BCUT2D eigenvalue weighted by Crippen LogP contribution is 2.23. The molecule has 1 amide bonds. The van der Waals surface area contributed by atoms with Gasteiger partial charge in [0.25, 0.3) is 0 Å². The molecule has 1 atom stereocenters. The van der Waals surface area contributed by atoms with Gasteiger partial charge in [-0.1, -0.05) is 26.7 Å². The summed E-state index contributed by atoms with van der Waals surface area (Å²) < 4.78 is 0. The lowest BCUT2D eigenvalue weighted by Crippen LogP contribution is -2.53. The summed E-state index contributed by atoms with van der Waals surface area (Å²) in [7, 11) is 0. The first kappa shape index (κ1) is 16.9. The summed E-state index contributed by atoms with van der Waals surface area (Å²) >= 11 is 0. The van der Waals surface area contributed by atoms with E-state index in [-0.39, 0.29) is 25.0 Å². The van der Waals surface area contributed by atoms with E-state index in [1.54, 1.807) is 6.92 Å². The molecule has 0 spiro atoms. The second-order valence-electron chi connectivity index (χ2n) is 6.15. The van der Waals surface area contributed by atoms with E-state index in [0.717, 1.165) is 12.8 Å². The van der Waals surface area contributed by atoms with Crippen LogP contribution in [0.2, 0.25) is 0 Å². The van der Waals surface area contributed by atoms with Crippen LogP contribution in [-0.2, 0) is 4.79 Å². The van der Waals surface area contributed by atoms with Crippen molar-refractivity contribution < 1.29 is 9.90 Å². The molecule has 1 rings (SSSR count). The molecule has 0 aliphatic heterocycles. The van der Waals surface area contributed by atoms with Gasteiger partial charge in [-0.05, 0) is 25.7 Å². The maximum Gasteiger partial charge on any atom is 0.235 e. The maximum absolute atomic E-state index is 12.2. The van der Waals surface area contributed by atoms with E-state index in [0.29, 0.717) is 12.6 Å². The fourth-order valence-electron chi connectivity index (χ4n) is 2.60. The van der Waals surface area contributed by atoms with Crippen molar-refractivity contribution >= 4 is 5.91 Å². The van der Waals surface area contributed by atoms with Gasteiger partial charge in [-0.25, -0.2) is 0 Å². The van der Waals surface area contributed by atoms with Crippen LogP contribution in [0.25, 0.3) is 0 Å². The second kappa shape index (κ2) is 7.61. The molecule has 1 unspecified atom stereocenters. The Kier molecular flexibility index (Phi) is 6.44. The van der Waals surface area contributed by atoms with Crippen molar-refractivity contribution in [2.24, 2.45) is 5.92 Å². The van der Waals surface area contributed by atoms with Crippen LogP contribution < -0.4 is 5.32 Å². The average Bonchev–Trinajstić information content (AvgIpc) is 2.91. The van der Waals surface area contributed by atoms with Crippen LogP contribution in [0.1, 0.15) is 46.5 Å². The molecule has 1 aliphatic carbocycles. The number of carbonyl (C=O) groups is 1. The lowest BCUT2D eigenvalue weighted by Gasteiger charge is -2.31. The number of amides is 1. The maximum atomic E-state index is 12.2. The number of carbonyl (C=O) groups excluding carboxylic acids is 1. The van der Waals surface area contributed by atoms with Gasteiger partial charge < -0.3 is 10.4 Å². The van der Waals surface area contributed by atoms with E-state index < -0.39 is 5.54 Å². The summed E-state index contributed by atoms with van der Waals surface area (Å²) in [5, 5.41) is 21.2. The summed E-state index contributed by atoms with van der Waals surface area (Å²) in [6.45, 7) is 6.43. The van der Waals surface area contributed by atoms with Crippen LogP contribution in [0, 0.1) is 17.2 Å². The summed E-state index contributed by atoms with van der Waals surface area (Å²) in [6.07, 6.45) is 4.56. The van der Waals surface area contributed by atoms with Crippen molar-refractivity contribution in [2.45, 2.75) is 58.0 Å². The van der Waals surface area contributed by atoms with Crippen molar-refractivity contribution in [3.8, 4) is 6.07 Å². The molecule has 0 heterocycles. The quantitative estimate of drug-likeness (QED) is 0.737. The number of hydrogen-bond acceptors (Lipinski definition) is 4. The zero-order valence-corrected chi connectivity index (χ0v) is 12.9. The summed E-state index contributed by atoms with van der Waals surface area (Å²) in [5.74, 6) is -0.0858. The smallest absolute Gasteiger partial charge is 0.235 e. The number of nitrogens with zero attached hydrogens (tertiary/aromatic N) is 2. The predicted octanol–water partition coefficient (Wildman–Crippen LogP) is 1.28. The average molecular weight is 281 g/mol. The molecular weight excluding hydrogens is 254 g/mol. The second-order valence-corrected chi connectivity index (χ2v) is 6.15. The van der Waals surface area contributed by atoms with Gasteiger partial charge in [0.15, 0.2) is 0 Å². The molecule has 0 aromatic heterocycles. The molecule has 20 heavy (non-hydrogen) atoms. The van der Waals surface area contributed by atoms with E-state index in [9.17, 15) is 10.1 Å². The number of nitriles is 1. The fraction of sp³-hybridized carbons (Fsp3) is 0.867. The molecule has 1 fully saturated rings. The molecule has 0 radical (unpaired) electrons. The van der Waals surface area contributed by atoms with Gasteiger partial charge in [0.2, 0.25) is 5.91 Å². The number of hydrogen-bond donors (Lipinski definition) is 2.